The van der Waals surface area contributed by atoms with Gasteiger partial charge in [-0.1, -0.05) is 30.7 Å². The third-order valence-corrected chi connectivity index (χ3v) is 3.57. The molecule has 3 heteroatoms. The minimum absolute atomic E-state index is 0.264. The van der Waals surface area contributed by atoms with E-state index in [9.17, 15) is 5.11 Å². The Morgan fingerprint density at radius 1 is 1.47 bits per heavy atom. The van der Waals surface area contributed by atoms with Gasteiger partial charge in [0.1, 0.15) is 0 Å². The second-order valence-corrected chi connectivity index (χ2v) is 5.15. The van der Waals surface area contributed by atoms with Crippen LogP contribution in [0.25, 0.3) is 0 Å². The van der Waals surface area contributed by atoms with Crippen LogP contribution in [0.2, 0.25) is 5.02 Å². The highest BCUT2D eigenvalue weighted by molar-refractivity contribution is 7.99. The van der Waals surface area contributed by atoms with Crippen molar-refractivity contribution in [3.05, 3.63) is 34.9 Å². The molecule has 1 atom stereocenters. The van der Waals surface area contributed by atoms with Crippen LogP contribution < -0.4 is 0 Å². The van der Waals surface area contributed by atoms with E-state index in [1.54, 1.807) is 11.8 Å². The quantitative estimate of drug-likeness (QED) is 0.775. The van der Waals surface area contributed by atoms with E-state index in [-0.39, 0.29) is 6.10 Å². The maximum Gasteiger partial charge on any atom is 0.0670 e. The molecule has 0 aliphatic carbocycles. The molecular weight excluding hydrogens is 228 g/mol. The number of thioether (sulfide) groups is 1. The van der Waals surface area contributed by atoms with Gasteiger partial charge >= 0.3 is 0 Å². The summed E-state index contributed by atoms with van der Waals surface area (Å²) in [5.74, 6) is 1.92. The van der Waals surface area contributed by atoms with E-state index in [0.717, 1.165) is 28.5 Å². The highest BCUT2D eigenvalue weighted by Gasteiger charge is 2.05. The molecule has 0 fully saturated rings. The van der Waals surface area contributed by atoms with Crippen LogP contribution in [0.1, 0.15) is 18.9 Å². The zero-order valence-corrected chi connectivity index (χ0v) is 10.5. The predicted molar refractivity (Wildman–Crippen MR) is 68.8 cm³/mol. The number of hydrogen-bond donors (Lipinski definition) is 1. The van der Waals surface area contributed by atoms with Crippen LogP contribution in [0, 0.1) is 0 Å². The Labute approximate surface area is 101 Å². The smallest absolute Gasteiger partial charge is 0.0670 e. The van der Waals surface area contributed by atoms with E-state index in [1.165, 1.54) is 0 Å². The van der Waals surface area contributed by atoms with Gasteiger partial charge < -0.3 is 5.11 Å². The van der Waals surface area contributed by atoms with Crippen LogP contribution >= 0.6 is 23.4 Å². The van der Waals surface area contributed by atoms with E-state index >= 15 is 0 Å². The second-order valence-electron chi connectivity index (χ2n) is 3.56. The maximum atomic E-state index is 9.76. The number of aliphatic hydroxyl groups is 1. The summed E-state index contributed by atoms with van der Waals surface area (Å²) >= 11 is 7.67. The lowest BCUT2D eigenvalue weighted by atomic mass is 10.1. The van der Waals surface area contributed by atoms with E-state index in [2.05, 4.69) is 6.92 Å². The zero-order chi connectivity index (χ0) is 11.1. The van der Waals surface area contributed by atoms with E-state index in [4.69, 9.17) is 11.6 Å². The molecule has 0 aliphatic heterocycles. The molecule has 84 valence electrons. The predicted octanol–water partition coefficient (Wildman–Crippen LogP) is 3.39. The van der Waals surface area contributed by atoms with Gasteiger partial charge in [-0.15, -0.1) is 0 Å². The van der Waals surface area contributed by atoms with Crippen molar-refractivity contribution >= 4 is 23.4 Å². The molecular formula is C12H17ClOS. The minimum Gasteiger partial charge on any atom is -0.392 e. The SMILES string of the molecule is CCCSCC(O)Cc1cccc(Cl)c1. The Kier molecular flexibility index (Phi) is 6.15. The average Bonchev–Trinajstić information content (AvgIpc) is 2.18. The standard InChI is InChI=1S/C12H17ClOS/c1-2-6-15-9-12(14)8-10-4-3-5-11(13)7-10/h3-5,7,12,14H,2,6,8-9H2,1H3. The maximum absolute atomic E-state index is 9.76. The van der Waals surface area contributed by atoms with Gasteiger partial charge in [-0.25, -0.2) is 0 Å². The molecule has 0 radical (unpaired) electrons. The third-order valence-electron chi connectivity index (χ3n) is 2.02. The number of hydrogen-bond acceptors (Lipinski definition) is 2. The van der Waals surface area contributed by atoms with Crippen molar-refractivity contribution in [3.8, 4) is 0 Å². The van der Waals surface area contributed by atoms with Crippen molar-refractivity contribution in [3.63, 3.8) is 0 Å². The van der Waals surface area contributed by atoms with Gasteiger partial charge in [0.05, 0.1) is 6.10 Å². The summed E-state index contributed by atoms with van der Waals surface area (Å²) in [6, 6.07) is 7.68. The van der Waals surface area contributed by atoms with Crippen LogP contribution in [-0.4, -0.2) is 22.7 Å². The number of aliphatic hydroxyl groups excluding tert-OH is 1. The van der Waals surface area contributed by atoms with Crippen molar-refractivity contribution in [2.75, 3.05) is 11.5 Å². The first kappa shape index (κ1) is 12.9. The van der Waals surface area contributed by atoms with Gasteiger partial charge in [0, 0.05) is 10.8 Å². The summed E-state index contributed by atoms with van der Waals surface area (Å²) in [6.45, 7) is 2.15. The van der Waals surface area contributed by atoms with Crippen LogP contribution in [-0.2, 0) is 6.42 Å². The lowest BCUT2D eigenvalue weighted by Crippen LogP contribution is -2.13. The normalized spacial score (nSPS) is 12.7. The van der Waals surface area contributed by atoms with Crippen molar-refractivity contribution in [2.45, 2.75) is 25.9 Å². The summed E-state index contributed by atoms with van der Waals surface area (Å²) in [5.41, 5.74) is 1.10. The monoisotopic (exact) mass is 244 g/mol. The molecule has 0 bridgehead atoms. The summed E-state index contributed by atoms with van der Waals surface area (Å²) < 4.78 is 0. The van der Waals surface area contributed by atoms with Crippen molar-refractivity contribution in [2.24, 2.45) is 0 Å². The van der Waals surface area contributed by atoms with E-state index < -0.39 is 0 Å². The Bertz CT molecular complexity index is 291. The van der Waals surface area contributed by atoms with Gasteiger partial charge in [0.2, 0.25) is 0 Å². The Morgan fingerprint density at radius 2 is 2.27 bits per heavy atom. The molecule has 0 saturated carbocycles. The van der Waals surface area contributed by atoms with Crippen molar-refractivity contribution < 1.29 is 5.11 Å². The number of benzene rings is 1. The topological polar surface area (TPSA) is 20.2 Å². The fraction of sp³-hybridized carbons (Fsp3) is 0.500. The van der Waals surface area contributed by atoms with E-state index in [1.807, 2.05) is 24.3 Å². The van der Waals surface area contributed by atoms with Crippen molar-refractivity contribution in [1.29, 1.82) is 0 Å². The molecule has 1 rings (SSSR count). The minimum atomic E-state index is -0.264. The van der Waals surface area contributed by atoms with Gasteiger partial charge in [0.15, 0.2) is 0 Å². The lowest BCUT2D eigenvalue weighted by molar-refractivity contribution is 0.200. The van der Waals surface area contributed by atoms with Crippen LogP contribution in [0.4, 0.5) is 0 Å². The molecule has 1 aromatic rings. The lowest BCUT2D eigenvalue weighted by Gasteiger charge is -2.10. The fourth-order valence-electron chi connectivity index (χ4n) is 1.36. The molecule has 0 spiro atoms. The summed E-state index contributed by atoms with van der Waals surface area (Å²) in [6.07, 6.45) is 1.59. The molecule has 1 nitrogen and oxygen atoms in total. The molecule has 15 heavy (non-hydrogen) atoms. The Morgan fingerprint density at radius 3 is 2.93 bits per heavy atom. The molecule has 1 aromatic carbocycles. The molecule has 0 aromatic heterocycles. The molecule has 1 N–H and O–H groups in total. The zero-order valence-electron chi connectivity index (χ0n) is 8.95. The first-order valence-corrected chi connectivity index (χ1v) is 6.76. The van der Waals surface area contributed by atoms with Gasteiger partial charge in [0.25, 0.3) is 0 Å². The molecule has 0 saturated heterocycles. The molecule has 0 heterocycles. The highest BCUT2D eigenvalue weighted by Crippen LogP contribution is 2.14. The first-order valence-electron chi connectivity index (χ1n) is 5.22. The average molecular weight is 245 g/mol. The van der Waals surface area contributed by atoms with Crippen LogP contribution in [0.15, 0.2) is 24.3 Å². The second kappa shape index (κ2) is 7.15. The number of halogens is 1. The molecule has 0 aliphatic rings. The Balaban J connectivity index is 2.34. The summed E-state index contributed by atoms with van der Waals surface area (Å²) in [4.78, 5) is 0. The summed E-state index contributed by atoms with van der Waals surface area (Å²) in [7, 11) is 0. The fourth-order valence-corrected chi connectivity index (χ4v) is 2.42. The highest BCUT2D eigenvalue weighted by atomic mass is 35.5. The number of rotatable bonds is 6. The van der Waals surface area contributed by atoms with Crippen molar-refractivity contribution in [1.82, 2.24) is 0 Å². The van der Waals surface area contributed by atoms with Crippen LogP contribution in [0.5, 0.6) is 0 Å². The van der Waals surface area contributed by atoms with E-state index in [0.29, 0.717) is 6.42 Å². The van der Waals surface area contributed by atoms with Crippen LogP contribution in [0.3, 0.4) is 0 Å². The first-order chi connectivity index (χ1) is 7.22. The van der Waals surface area contributed by atoms with Gasteiger partial charge in [-0.05, 0) is 36.3 Å². The largest absolute Gasteiger partial charge is 0.392 e. The van der Waals surface area contributed by atoms with Gasteiger partial charge in [-0.3, -0.25) is 0 Å². The Hall–Kier alpha value is -0.180. The molecule has 0 amide bonds. The summed E-state index contributed by atoms with van der Waals surface area (Å²) in [5, 5.41) is 10.5. The molecule has 1 unspecified atom stereocenters. The third kappa shape index (κ3) is 5.45. The van der Waals surface area contributed by atoms with Gasteiger partial charge in [-0.2, -0.15) is 11.8 Å².